The molecule has 0 saturated carbocycles. The SMILES string of the molecule is C/C=C/C[Si]CC. The molecule has 1 heteroatoms. The average molecular weight is 112 g/mol. The molecule has 0 aliphatic heterocycles. The van der Waals surface area contributed by atoms with Crippen molar-refractivity contribution in [3.63, 3.8) is 0 Å². The van der Waals surface area contributed by atoms with Crippen LogP contribution in [0.15, 0.2) is 12.2 Å². The first-order valence-electron chi connectivity index (χ1n) is 2.73. The highest BCUT2D eigenvalue weighted by molar-refractivity contribution is 6.35. The van der Waals surface area contributed by atoms with E-state index in [4.69, 9.17) is 0 Å². The van der Waals surface area contributed by atoms with Gasteiger partial charge in [-0.25, -0.2) is 0 Å². The topological polar surface area (TPSA) is 0 Å². The first-order chi connectivity index (χ1) is 3.41. The van der Waals surface area contributed by atoms with Crippen molar-refractivity contribution in [1.82, 2.24) is 0 Å². The number of allylic oxidation sites excluding steroid dienone is 2. The van der Waals surface area contributed by atoms with E-state index in [2.05, 4.69) is 26.0 Å². The van der Waals surface area contributed by atoms with Crippen LogP contribution in [-0.2, 0) is 0 Å². The molecule has 2 radical (unpaired) electrons. The Morgan fingerprint density at radius 1 is 1.57 bits per heavy atom. The molecule has 0 aromatic heterocycles. The van der Waals surface area contributed by atoms with E-state index in [1.807, 2.05) is 0 Å². The van der Waals surface area contributed by atoms with Gasteiger partial charge in [-0.3, -0.25) is 0 Å². The highest BCUT2D eigenvalue weighted by Gasteiger charge is 1.75. The van der Waals surface area contributed by atoms with Crippen LogP contribution in [0.3, 0.4) is 0 Å². The van der Waals surface area contributed by atoms with E-state index in [9.17, 15) is 0 Å². The van der Waals surface area contributed by atoms with E-state index in [0.29, 0.717) is 0 Å². The van der Waals surface area contributed by atoms with Crippen molar-refractivity contribution in [3.8, 4) is 0 Å². The number of hydrogen-bond acceptors (Lipinski definition) is 0. The van der Waals surface area contributed by atoms with Crippen LogP contribution in [0.4, 0.5) is 0 Å². The summed E-state index contributed by atoms with van der Waals surface area (Å²) in [5.74, 6) is 0. The Labute approximate surface area is 48.4 Å². The lowest BCUT2D eigenvalue weighted by atomic mass is 10.6. The quantitative estimate of drug-likeness (QED) is 0.298. The molecule has 0 heterocycles. The lowest BCUT2D eigenvalue weighted by Crippen LogP contribution is -1.78. The van der Waals surface area contributed by atoms with Crippen molar-refractivity contribution in [2.45, 2.75) is 25.9 Å². The van der Waals surface area contributed by atoms with E-state index >= 15 is 0 Å². The van der Waals surface area contributed by atoms with Gasteiger partial charge in [-0.2, -0.15) is 0 Å². The predicted octanol–water partition coefficient (Wildman–Crippen LogP) is 2.12. The summed E-state index contributed by atoms with van der Waals surface area (Å²) in [5, 5.41) is 0. The van der Waals surface area contributed by atoms with Gasteiger partial charge in [0, 0.05) is 9.52 Å². The van der Waals surface area contributed by atoms with Crippen molar-refractivity contribution in [2.75, 3.05) is 0 Å². The molecule has 40 valence electrons. The maximum atomic E-state index is 2.22. The normalized spacial score (nSPS) is 10.6. The van der Waals surface area contributed by atoms with Crippen molar-refractivity contribution in [3.05, 3.63) is 12.2 Å². The molecule has 0 spiro atoms. The van der Waals surface area contributed by atoms with E-state index in [1.54, 1.807) is 0 Å². The summed E-state index contributed by atoms with van der Waals surface area (Å²) in [6.07, 6.45) is 4.34. The first-order valence-corrected chi connectivity index (χ1v) is 4.15. The predicted molar refractivity (Wildman–Crippen MR) is 35.9 cm³/mol. The number of hydrogen-bond donors (Lipinski definition) is 0. The fraction of sp³-hybridized carbons (Fsp3) is 0.667. The minimum atomic E-state index is 1.13. The lowest BCUT2D eigenvalue weighted by molar-refractivity contribution is 1.42. The molecule has 0 saturated heterocycles. The Morgan fingerprint density at radius 2 is 2.29 bits per heavy atom. The van der Waals surface area contributed by atoms with Crippen LogP contribution in [0.1, 0.15) is 13.8 Å². The molecule has 0 bridgehead atoms. The van der Waals surface area contributed by atoms with Gasteiger partial charge < -0.3 is 0 Å². The first kappa shape index (κ1) is 6.96. The van der Waals surface area contributed by atoms with E-state index in [-0.39, 0.29) is 0 Å². The molecule has 7 heavy (non-hydrogen) atoms. The van der Waals surface area contributed by atoms with Crippen LogP contribution in [0.2, 0.25) is 12.1 Å². The smallest absolute Gasteiger partial charge is 0.0417 e. The lowest BCUT2D eigenvalue weighted by Gasteiger charge is -1.81. The largest absolute Gasteiger partial charge is 0.0920 e. The molecule has 0 N–H and O–H groups in total. The molecule has 0 amide bonds. The fourth-order valence-electron chi connectivity index (χ4n) is 0.346. The zero-order chi connectivity index (χ0) is 5.54. The zero-order valence-electron chi connectivity index (χ0n) is 5.07. The van der Waals surface area contributed by atoms with Crippen molar-refractivity contribution >= 4 is 9.52 Å². The highest BCUT2D eigenvalue weighted by Crippen LogP contribution is 1.84. The van der Waals surface area contributed by atoms with Gasteiger partial charge in [-0.15, -0.1) is 0 Å². The second-order valence-corrected chi connectivity index (χ2v) is 2.99. The van der Waals surface area contributed by atoms with Gasteiger partial charge in [0.15, 0.2) is 0 Å². The van der Waals surface area contributed by atoms with E-state index < -0.39 is 0 Å². The number of rotatable bonds is 3. The van der Waals surface area contributed by atoms with Gasteiger partial charge >= 0.3 is 0 Å². The van der Waals surface area contributed by atoms with Crippen LogP contribution in [0.5, 0.6) is 0 Å². The highest BCUT2D eigenvalue weighted by atomic mass is 28.2. The molecule has 0 aliphatic rings. The molecule has 0 unspecified atom stereocenters. The molecule has 0 rings (SSSR count). The van der Waals surface area contributed by atoms with Gasteiger partial charge in [0.05, 0.1) is 0 Å². The minimum absolute atomic E-state index is 1.13. The summed E-state index contributed by atoms with van der Waals surface area (Å²) in [6.45, 7) is 4.29. The molecule has 0 atom stereocenters. The Hall–Kier alpha value is -0.0431. The van der Waals surface area contributed by atoms with Gasteiger partial charge in [0.1, 0.15) is 0 Å². The van der Waals surface area contributed by atoms with Crippen LogP contribution < -0.4 is 0 Å². The third-order valence-electron chi connectivity index (χ3n) is 0.748. The summed E-state index contributed by atoms with van der Waals surface area (Å²) >= 11 is 0. The fourth-order valence-corrected chi connectivity index (χ4v) is 1.04. The van der Waals surface area contributed by atoms with E-state index in [0.717, 1.165) is 9.52 Å². The molecule has 0 nitrogen and oxygen atoms in total. The third-order valence-corrected chi connectivity index (χ3v) is 1.77. The molecule has 0 aromatic rings. The van der Waals surface area contributed by atoms with Gasteiger partial charge in [-0.1, -0.05) is 25.1 Å². The second kappa shape index (κ2) is 5.96. The monoisotopic (exact) mass is 112 g/mol. The van der Waals surface area contributed by atoms with Gasteiger partial charge in [0.2, 0.25) is 0 Å². The Morgan fingerprint density at radius 3 is 2.71 bits per heavy atom. The summed E-state index contributed by atoms with van der Waals surface area (Å²) in [6, 6.07) is 2.62. The molecule has 0 fully saturated rings. The molecular weight excluding hydrogens is 100 g/mol. The summed E-state index contributed by atoms with van der Waals surface area (Å²) in [5.41, 5.74) is 0. The minimum Gasteiger partial charge on any atom is -0.0920 e. The van der Waals surface area contributed by atoms with Gasteiger partial charge in [0.25, 0.3) is 0 Å². The van der Waals surface area contributed by atoms with Crippen LogP contribution in [-0.4, -0.2) is 9.52 Å². The van der Waals surface area contributed by atoms with Crippen LogP contribution in [0, 0.1) is 0 Å². The molecule has 0 aromatic carbocycles. The Balaban J connectivity index is 2.69. The second-order valence-electron chi connectivity index (χ2n) is 1.38. The van der Waals surface area contributed by atoms with Crippen LogP contribution >= 0.6 is 0 Å². The van der Waals surface area contributed by atoms with Crippen LogP contribution in [0.25, 0.3) is 0 Å². The summed E-state index contributed by atoms with van der Waals surface area (Å²) in [4.78, 5) is 0. The standard InChI is InChI=1S/C6H12Si/c1-3-5-6-7-4-2/h3,5H,4,6H2,1-2H3/b5-3+. The third kappa shape index (κ3) is 5.96. The van der Waals surface area contributed by atoms with E-state index in [1.165, 1.54) is 12.1 Å². The summed E-state index contributed by atoms with van der Waals surface area (Å²) < 4.78 is 0. The van der Waals surface area contributed by atoms with Crippen molar-refractivity contribution in [1.29, 1.82) is 0 Å². The van der Waals surface area contributed by atoms with Crippen molar-refractivity contribution < 1.29 is 0 Å². The Bertz CT molecular complexity index is 48.1. The summed E-state index contributed by atoms with van der Waals surface area (Å²) in [7, 11) is 1.13. The average Bonchev–Trinajstić information content (AvgIpc) is 1.69. The molecule has 0 aliphatic carbocycles. The molecular formula is C6H12Si. The Kier molecular flexibility index (Phi) is 5.92. The maximum Gasteiger partial charge on any atom is 0.0417 e. The van der Waals surface area contributed by atoms with Crippen molar-refractivity contribution in [2.24, 2.45) is 0 Å². The van der Waals surface area contributed by atoms with Gasteiger partial charge in [-0.05, 0) is 13.0 Å². The zero-order valence-corrected chi connectivity index (χ0v) is 6.07. The maximum absolute atomic E-state index is 2.22.